The van der Waals surface area contributed by atoms with Gasteiger partial charge in [-0.1, -0.05) is 36.0 Å². The molecule has 3 heterocycles. The molecule has 0 fully saturated rings. The number of aryl methyl sites for hydroxylation is 2. The molecule has 3 aromatic heterocycles. The van der Waals surface area contributed by atoms with Crippen LogP contribution in [0.3, 0.4) is 0 Å². The summed E-state index contributed by atoms with van der Waals surface area (Å²) in [5.41, 5.74) is 5.00. The summed E-state index contributed by atoms with van der Waals surface area (Å²) in [7, 11) is 0. The Bertz CT molecular complexity index is 1160. The Morgan fingerprint density at radius 3 is 2.85 bits per heavy atom. The fraction of sp³-hybridized carbons (Fsp3) is 0.238. The molecule has 1 aliphatic carbocycles. The summed E-state index contributed by atoms with van der Waals surface area (Å²) in [6.07, 6.45) is 4.85. The molecule has 136 valence electrons. The van der Waals surface area contributed by atoms with E-state index in [1.807, 2.05) is 6.07 Å². The molecule has 1 N–H and O–H groups in total. The molecule has 0 saturated heterocycles. The number of thiophene rings is 2. The lowest BCUT2D eigenvalue weighted by Gasteiger charge is -2.16. The fourth-order valence-electron chi connectivity index (χ4n) is 3.65. The average molecular weight is 411 g/mol. The van der Waals surface area contributed by atoms with Crippen LogP contribution in [0, 0.1) is 0 Å². The highest BCUT2D eigenvalue weighted by Crippen LogP contribution is 2.34. The third-order valence-electron chi connectivity index (χ3n) is 5.01. The maximum absolute atomic E-state index is 12.8. The number of nitrogens with zero attached hydrogens (tertiary/aromatic N) is 1. The molecule has 1 aromatic carbocycles. The van der Waals surface area contributed by atoms with Gasteiger partial charge in [-0.05, 0) is 53.8 Å². The van der Waals surface area contributed by atoms with E-state index in [2.05, 4.69) is 40.0 Å². The molecule has 5 rings (SSSR count). The van der Waals surface area contributed by atoms with Gasteiger partial charge in [-0.15, -0.1) is 22.7 Å². The van der Waals surface area contributed by atoms with Crippen LogP contribution >= 0.6 is 34.4 Å². The maximum Gasteiger partial charge on any atom is 0.260 e. The van der Waals surface area contributed by atoms with Crippen molar-refractivity contribution in [2.24, 2.45) is 0 Å². The van der Waals surface area contributed by atoms with Crippen molar-refractivity contribution in [3.8, 4) is 11.1 Å². The van der Waals surface area contributed by atoms with Gasteiger partial charge >= 0.3 is 0 Å². The third kappa shape index (κ3) is 3.37. The number of aromatic nitrogens is 2. The van der Waals surface area contributed by atoms with E-state index in [0.29, 0.717) is 5.16 Å². The van der Waals surface area contributed by atoms with Crippen LogP contribution < -0.4 is 5.56 Å². The number of thioether (sulfide) groups is 1. The first-order valence-electron chi connectivity index (χ1n) is 9.07. The topological polar surface area (TPSA) is 45.8 Å². The Hall–Kier alpha value is -1.89. The Kier molecular flexibility index (Phi) is 4.63. The Balaban J connectivity index is 1.50. The van der Waals surface area contributed by atoms with Crippen LogP contribution in [0.4, 0.5) is 0 Å². The molecule has 0 unspecified atom stereocenters. The monoisotopic (exact) mass is 410 g/mol. The van der Waals surface area contributed by atoms with Gasteiger partial charge in [0.25, 0.3) is 5.56 Å². The van der Waals surface area contributed by atoms with E-state index in [1.165, 1.54) is 35.3 Å². The van der Waals surface area contributed by atoms with Crippen molar-refractivity contribution in [3.63, 3.8) is 0 Å². The van der Waals surface area contributed by atoms with Gasteiger partial charge in [-0.25, -0.2) is 4.98 Å². The molecule has 0 amide bonds. The van der Waals surface area contributed by atoms with Gasteiger partial charge in [0.05, 0.1) is 5.39 Å². The second kappa shape index (κ2) is 7.26. The lowest BCUT2D eigenvalue weighted by atomic mass is 9.89. The molecule has 3 nitrogen and oxygen atoms in total. The quantitative estimate of drug-likeness (QED) is 0.337. The van der Waals surface area contributed by atoms with E-state index in [4.69, 9.17) is 4.98 Å². The van der Waals surface area contributed by atoms with Gasteiger partial charge in [-0.2, -0.15) is 0 Å². The van der Waals surface area contributed by atoms with Crippen LogP contribution in [-0.4, -0.2) is 9.97 Å². The molecule has 0 bridgehead atoms. The summed E-state index contributed by atoms with van der Waals surface area (Å²) in [6, 6.07) is 10.8. The smallest absolute Gasteiger partial charge is 0.260 e. The predicted octanol–water partition coefficient (Wildman–Crippen LogP) is 5.88. The lowest BCUT2D eigenvalue weighted by molar-refractivity contribution is 0.686. The molecule has 4 aromatic rings. The summed E-state index contributed by atoms with van der Waals surface area (Å²) in [5.74, 6) is 0.829. The zero-order chi connectivity index (χ0) is 18.2. The van der Waals surface area contributed by atoms with Gasteiger partial charge in [-0.3, -0.25) is 4.79 Å². The number of aromatic amines is 1. The molecule has 6 heteroatoms. The lowest BCUT2D eigenvalue weighted by Crippen LogP contribution is -2.08. The van der Waals surface area contributed by atoms with Crippen LogP contribution in [-0.2, 0) is 18.6 Å². The van der Waals surface area contributed by atoms with Crippen LogP contribution in [0.25, 0.3) is 21.3 Å². The Labute approximate surface area is 169 Å². The van der Waals surface area contributed by atoms with Gasteiger partial charge < -0.3 is 4.98 Å². The molecular formula is C21H18N2OS3. The predicted molar refractivity (Wildman–Crippen MR) is 116 cm³/mol. The van der Waals surface area contributed by atoms with E-state index in [-0.39, 0.29) is 5.56 Å². The molecular weight excluding hydrogens is 392 g/mol. The minimum Gasteiger partial charge on any atom is -0.301 e. The van der Waals surface area contributed by atoms with Crippen molar-refractivity contribution in [2.75, 3.05) is 0 Å². The zero-order valence-electron chi connectivity index (χ0n) is 14.7. The van der Waals surface area contributed by atoms with E-state index < -0.39 is 0 Å². The zero-order valence-corrected chi connectivity index (χ0v) is 17.1. The van der Waals surface area contributed by atoms with Crippen molar-refractivity contribution in [3.05, 3.63) is 67.4 Å². The van der Waals surface area contributed by atoms with Crippen molar-refractivity contribution in [1.29, 1.82) is 0 Å². The Morgan fingerprint density at radius 1 is 1.11 bits per heavy atom. The first kappa shape index (κ1) is 17.2. The number of hydrogen-bond acceptors (Lipinski definition) is 5. The van der Waals surface area contributed by atoms with Crippen molar-refractivity contribution in [2.45, 2.75) is 36.6 Å². The standard InChI is InChI=1S/C21H18N2OS3/c24-19-18-17(15-8-7-13-4-1-2-5-14(13)10-15)12-26-20(18)23-21(22-19)27-11-16-6-3-9-25-16/h3,6-10,12H,1-2,4-5,11H2,(H,22,23,24). The van der Waals surface area contributed by atoms with E-state index in [0.717, 1.165) is 33.5 Å². The minimum atomic E-state index is -0.0392. The number of hydrogen-bond donors (Lipinski definition) is 1. The Morgan fingerprint density at radius 2 is 2.00 bits per heavy atom. The van der Waals surface area contributed by atoms with Gasteiger partial charge in [0.2, 0.25) is 0 Å². The fourth-order valence-corrected chi connectivity index (χ4v) is 6.28. The average Bonchev–Trinajstić information content (AvgIpc) is 3.36. The largest absolute Gasteiger partial charge is 0.301 e. The number of benzene rings is 1. The molecule has 0 saturated carbocycles. The highest BCUT2D eigenvalue weighted by molar-refractivity contribution is 7.98. The normalized spacial score (nSPS) is 13.8. The van der Waals surface area contributed by atoms with Gasteiger partial charge in [0.1, 0.15) is 4.83 Å². The first-order valence-corrected chi connectivity index (χ1v) is 11.8. The van der Waals surface area contributed by atoms with Crippen LogP contribution in [0.15, 0.2) is 51.0 Å². The van der Waals surface area contributed by atoms with Crippen LogP contribution in [0.1, 0.15) is 28.8 Å². The van der Waals surface area contributed by atoms with E-state index in [9.17, 15) is 4.79 Å². The summed E-state index contributed by atoms with van der Waals surface area (Å²) in [4.78, 5) is 22.6. The molecule has 0 atom stereocenters. The minimum absolute atomic E-state index is 0.0392. The first-order chi connectivity index (χ1) is 13.3. The third-order valence-corrected chi connectivity index (χ3v) is 7.87. The number of nitrogens with one attached hydrogen (secondary N) is 1. The van der Waals surface area contributed by atoms with Crippen LogP contribution in [0.2, 0.25) is 0 Å². The van der Waals surface area contributed by atoms with E-state index in [1.54, 1.807) is 34.4 Å². The van der Waals surface area contributed by atoms with Crippen molar-refractivity contribution >= 4 is 44.7 Å². The van der Waals surface area contributed by atoms with Crippen molar-refractivity contribution < 1.29 is 0 Å². The number of rotatable bonds is 4. The second-order valence-corrected chi connectivity index (χ2v) is 9.61. The van der Waals surface area contributed by atoms with Crippen LogP contribution in [0.5, 0.6) is 0 Å². The van der Waals surface area contributed by atoms with Gasteiger partial charge in [0, 0.05) is 21.6 Å². The van der Waals surface area contributed by atoms with Crippen molar-refractivity contribution in [1.82, 2.24) is 9.97 Å². The summed E-state index contributed by atoms with van der Waals surface area (Å²) >= 11 is 4.86. The maximum atomic E-state index is 12.8. The SMILES string of the molecule is O=c1[nH]c(SCc2cccs2)nc2scc(-c3ccc4c(c3)CCCC4)c12. The van der Waals surface area contributed by atoms with E-state index >= 15 is 0 Å². The molecule has 1 aliphatic rings. The summed E-state index contributed by atoms with van der Waals surface area (Å²) in [6.45, 7) is 0. The summed E-state index contributed by atoms with van der Waals surface area (Å²) in [5, 5.41) is 5.56. The number of H-pyrrole nitrogens is 1. The summed E-state index contributed by atoms with van der Waals surface area (Å²) < 4.78 is 0. The highest BCUT2D eigenvalue weighted by Gasteiger charge is 2.16. The molecule has 27 heavy (non-hydrogen) atoms. The molecule has 0 radical (unpaired) electrons. The second-order valence-electron chi connectivity index (χ2n) is 6.76. The molecule has 0 spiro atoms. The highest BCUT2D eigenvalue weighted by atomic mass is 32.2. The molecule has 0 aliphatic heterocycles. The number of fused-ring (bicyclic) bond motifs is 2. The van der Waals surface area contributed by atoms with Gasteiger partial charge in [0.15, 0.2) is 5.16 Å².